The monoisotopic (exact) mass is 322 g/mol. The minimum absolute atomic E-state index is 0.311. The number of rotatable bonds is 4. The van der Waals surface area contributed by atoms with Crippen molar-refractivity contribution in [3.05, 3.63) is 66.0 Å². The number of imidazole rings is 1. The van der Waals surface area contributed by atoms with Gasteiger partial charge in [-0.15, -0.1) is 0 Å². The topological polar surface area (TPSA) is 84.7 Å². The third-order valence-electron chi connectivity index (χ3n) is 3.60. The van der Waals surface area contributed by atoms with Crippen molar-refractivity contribution in [1.29, 1.82) is 0 Å². The fourth-order valence-electron chi connectivity index (χ4n) is 2.33. The molecule has 3 heterocycles. The minimum Gasteiger partial charge on any atom is -0.334 e. The maximum absolute atomic E-state index is 12.1. The van der Waals surface area contributed by atoms with Crippen LogP contribution in [0.15, 0.2) is 49.1 Å². The first kappa shape index (κ1) is 15.7. The number of urea groups is 1. The van der Waals surface area contributed by atoms with E-state index in [-0.39, 0.29) is 6.03 Å². The molecule has 0 unspecified atom stereocenters. The number of hydrogen-bond donors (Lipinski definition) is 2. The molecule has 3 aromatic heterocycles. The van der Waals surface area contributed by atoms with Crippen LogP contribution in [0.5, 0.6) is 0 Å². The fourth-order valence-corrected chi connectivity index (χ4v) is 2.33. The Kier molecular flexibility index (Phi) is 4.51. The summed E-state index contributed by atoms with van der Waals surface area (Å²) in [6.07, 6.45) is 6.93. The second-order valence-corrected chi connectivity index (χ2v) is 5.31. The highest BCUT2D eigenvalue weighted by Crippen LogP contribution is 2.13. The molecule has 7 nitrogen and oxygen atoms in total. The van der Waals surface area contributed by atoms with Crippen molar-refractivity contribution in [1.82, 2.24) is 24.8 Å². The van der Waals surface area contributed by atoms with Gasteiger partial charge in [0.05, 0.1) is 0 Å². The van der Waals surface area contributed by atoms with Crippen LogP contribution in [0.2, 0.25) is 0 Å². The van der Waals surface area contributed by atoms with Gasteiger partial charge in [0.25, 0.3) is 0 Å². The summed E-state index contributed by atoms with van der Waals surface area (Å²) in [5, 5.41) is 5.58. The Balaban J connectivity index is 1.70. The first-order valence-corrected chi connectivity index (χ1v) is 7.56. The van der Waals surface area contributed by atoms with E-state index in [0.29, 0.717) is 12.4 Å². The van der Waals surface area contributed by atoms with Crippen LogP contribution in [0.1, 0.15) is 17.0 Å². The molecule has 2 amide bonds. The van der Waals surface area contributed by atoms with Gasteiger partial charge in [-0.05, 0) is 31.5 Å². The van der Waals surface area contributed by atoms with E-state index in [1.807, 2.05) is 48.9 Å². The number of nitrogens with zero attached hydrogens (tertiary/aromatic N) is 4. The Hall–Kier alpha value is -3.22. The first-order valence-electron chi connectivity index (χ1n) is 7.56. The molecule has 3 aromatic rings. The molecule has 0 atom stereocenters. The van der Waals surface area contributed by atoms with E-state index in [2.05, 4.69) is 25.6 Å². The number of anilines is 1. The summed E-state index contributed by atoms with van der Waals surface area (Å²) in [4.78, 5) is 24.9. The average molecular weight is 322 g/mol. The van der Waals surface area contributed by atoms with Crippen LogP contribution in [-0.4, -0.2) is 25.6 Å². The van der Waals surface area contributed by atoms with E-state index in [4.69, 9.17) is 0 Å². The number of hydrogen-bond acceptors (Lipinski definition) is 4. The van der Waals surface area contributed by atoms with Gasteiger partial charge in [-0.25, -0.2) is 19.7 Å². The number of aromatic nitrogens is 4. The zero-order valence-corrected chi connectivity index (χ0v) is 13.5. The Labute approximate surface area is 139 Å². The molecule has 7 heteroatoms. The van der Waals surface area contributed by atoms with Crippen LogP contribution >= 0.6 is 0 Å². The van der Waals surface area contributed by atoms with Gasteiger partial charge in [-0.3, -0.25) is 9.88 Å². The Bertz CT molecular complexity index is 858. The van der Waals surface area contributed by atoms with Crippen LogP contribution in [-0.2, 0) is 6.54 Å². The van der Waals surface area contributed by atoms with Gasteiger partial charge in [0.1, 0.15) is 17.5 Å². The maximum Gasteiger partial charge on any atom is 0.320 e. The van der Waals surface area contributed by atoms with Gasteiger partial charge in [0.2, 0.25) is 0 Å². The van der Waals surface area contributed by atoms with E-state index in [9.17, 15) is 4.79 Å². The molecule has 0 fully saturated rings. The van der Waals surface area contributed by atoms with Crippen molar-refractivity contribution in [2.45, 2.75) is 20.4 Å². The van der Waals surface area contributed by atoms with Crippen LogP contribution in [0.4, 0.5) is 10.6 Å². The molecule has 0 spiro atoms. The maximum atomic E-state index is 12.1. The summed E-state index contributed by atoms with van der Waals surface area (Å²) < 4.78 is 1.89. The van der Waals surface area contributed by atoms with E-state index < -0.39 is 0 Å². The molecular weight excluding hydrogens is 304 g/mol. The smallest absolute Gasteiger partial charge is 0.320 e. The van der Waals surface area contributed by atoms with Crippen LogP contribution in [0, 0.1) is 13.8 Å². The van der Waals surface area contributed by atoms with Gasteiger partial charge in [-0.2, -0.15) is 0 Å². The predicted molar refractivity (Wildman–Crippen MR) is 90.9 cm³/mol. The molecular formula is C17H18N6O. The predicted octanol–water partition coefficient (Wildman–Crippen LogP) is 2.60. The largest absolute Gasteiger partial charge is 0.334 e. The van der Waals surface area contributed by atoms with E-state index in [0.717, 1.165) is 22.8 Å². The third kappa shape index (κ3) is 3.40. The van der Waals surface area contributed by atoms with Gasteiger partial charge in [0, 0.05) is 36.9 Å². The van der Waals surface area contributed by atoms with Crippen molar-refractivity contribution in [2.24, 2.45) is 0 Å². The highest BCUT2D eigenvalue weighted by molar-refractivity contribution is 5.88. The Morgan fingerprint density at radius 2 is 1.88 bits per heavy atom. The van der Waals surface area contributed by atoms with Crippen LogP contribution in [0.3, 0.4) is 0 Å². The second-order valence-electron chi connectivity index (χ2n) is 5.31. The summed E-state index contributed by atoms with van der Waals surface area (Å²) in [6, 6.07) is 7.17. The lowest BCUT2D eigenvalue weighted by Gasteiger charge is -2.12. The molecule has 0 aliphatic rings. The highest BCUT2D eigenvalue weighted by Gasteiger charge is 2.10. The minimum atomic E-state index is -0.311. The number of amides is 2. The van der Waals surface area contributed by atoms with Crippen molar-refractivity contribution >= 4 is 11.8 Å². The molecule has 0 aliphatic carbocycles. The van der Waals surface area contributed by atoms with Crippen molar-refractivity contribution in [2.75, 3.05) is 5.32 Å². The summed E-state index contributed by atoms with van der Waals surface area (Å²) in [5.41, 5.74) is 1.80. The van der Waals surface area contributed by atoms with Gasteiger partial charge in [-0.1, -0.05) is 12.1 Å². The van der Waals surface area contributed by atoms with E-state index >= 15 is 0 Å². The molecule has 24 heavy (non-hydrogen) atoms. The second kappa shape index (κ2) is 6.91. The zero-order chi connectivity index (χ0) is 16.9. The average Bonchev–Trinajstić information content (AvgIpc) is 3.01. The molecule has 3 rings (SSSR count). The number of nitrogens with one attached hydrogen (secondary N) is 2. The van der Waals surface area contributed by atoms with Crippen molar-refractivity contribution < 1.29 is 4.79 Å². The van der Waals surface area contributed by atoms with Crippen LogP contribution < -0.4 is 10.6 Å². The Morgan fingerprint density at radius 3 is 2.62 bits per heavy atom. The number of pyridine rings is 2. The Morgan fingerprint density at radius 1 is 1.08 bits per heavy atom. The van der Waals surface area contributed by atoms with E-state index in [1.54, 1.807) is 18.6 Å². The highest BCUT2D eigenvalue weighted by atomic mass is 16.2. The molecule has 2 N–H and O–H groups in total. The van der Waals surface area contributed by atoms with Gasteiger partial charge in [0.15, 0.2) is 0 Å². The summed E-state index contributed by atoms with van der Waals surface area (Å²) in [6.45, 7) is 4.14. The van der Waals surface area contributed by atoms with Crippen molar-refractivity contribution in [3.8, 4) is 5.82 Å². The van der Waals surface area contributed by atoms with Gasteiger partial charge < -0.3 is 5.32 Å². The molecule has 0 aromatic carbocycles. The standard InChI is InChI=1S/C17H18N6O/c1-12-5-3-7-19-15(12)22-17(24)21-11-14-6-4-8-20-16(14)23-10-9-18-13(23)2/h3-10H,11H2,1-2H3,(H2,19,21,22,24). The van der Waals surface area contributed by atoms with Crippen molar-refractivity contribution in [3.63, 3.8) is 0 Å². The normalized spacial score (nSPS) is 10.4. The van der Waals surface area contributed by atoms with E-state index in [1.165, 1.54) is 0 Å². The lowest BCUT2D eigenvalue weighted by Crippen LogP contribution is -2.29. The molecule has 0 bridgehead atoms. The number of carbonyl (C=O) groups is 1. The van der Waals surface area contributed by atoms with Crippen LogP contribution in [0.25, 0.3) is 5.82 Å². The molecule has 0 aliphatic heterocycles. The fraction of sp³-hybridized carbons (Fsp3) is 0.176. The summed E-state index contributed by atoms with van der Waals surface area (Å²) in [7, 11) is 0. The third-order valence-corrected chi connectivity index (χ3v) is 3.60. The zero-order valence-electron chi connectivity index (χ0n) is 13.5. The number of carbonyl (C=O) groups excluding carboxylic acids is 1. The lowest BCUT2D eigenvalue weighted by atomic mass is 10.2. The number of aryl methyl sites for hydroxylation is 2. The molecule has 0 saturated carbocycles. The summed E-state index contributed by atoms with van der Waals surface area (Å²) in [5.74, 6) is 2.14. The SMILES string of the molecule is Cc1cccnc1NC(=O)NCc1cccnc1-n1ccnc1C. The molecule has 0 radical (unpaired) electrons. The lowest BCUT2D eigenvalue weighted by molar-refractivity contribution is 0.251. The first-order chi connectivity index (χ1) is 11.6. The molecule has 0 saturated heterocycles. The quantitative estimate of drug-likeness (QED) is 0.773. The molecule has 122 valence electrons. The van der Waals surface area contributed by atoms with Gasteiger partial charge >= 0.3 is 6.03 Å². The summed E-state index contributed by atoms with van der Waals surface area (Å²) >= 11 is 0.